The molecule has 3 nitrogen and oxygen atoms in total. The van der Waals surface area contributed by atoms with Crippen LogP contribution in [-0.2, 0) is 4.79 Å². The van der Waals surface area contributed by atoms with Crippen molar-refractivity contribution in [3.05, 3.63) is 0 Å². The second kappa shape index (κ2) is 20.8. The molecule has 1 aliphatic carbocycles. The molecule has 0 aromatic rings. The standard InChI is InChI=1S/C30H59NO2/c1-4-5-6-14-19-27(24-25-31(2)3)20-15-10-7-8-11-16-21-28-26-29(28)22-17-12-9-13-18-23-30(32)33/h27-29H,4-26H2,1-3H3,(H,32,33). The molecule has 1 saturated carbocycles. The molecule has 1 fully saturated rings. The third-order valence-corrected chi connectivity index (χ3v) is 7.92. The van der Waals surface area contributed by atoms with Crippen LogP contribution in [0.1, 0.15) is 148 Å². The Morgan fingerprint density at radius 2 is 1.21 bits per heavy atom. The van der Waals surface area contributed by atoms with Gasteiger partial charge in [0.2, 0.25) is 0 Å². The van der Waals surface area contributed by atoms with Crippen molar-refractivity contribution in [2.24, 2.45) is 17.8 Å². The first-order chi connectivity index (χ1) is 16.0. The van der Waals surface area contributed by atoms with Gasteiger partial charge >= 0.3 is 5.97 Å². The fourth-order valence-electron chi connectivity index (χ4n) is 5.51. The molecule has 0 aromatic heterocycles. The maximum absolute atomic E-state index is 10.5. The van der Waals surface area contributed by atoms with Gasteiger partial charge < -0.3 is 10.0 Å². The topological polar surface area (TPSA) is 40.5 Å². The summed E-state index contributed by atoms with van der Waals surface area (Å²) in [6, 6.07) is 0. The van der Waals surface area contributed by atoms with E-state index in [1.54, 1.807) is 0 Å². The smallest absolute Gasteiger partial charge is 0.303 e. The monoisotopic (exact) mass is 465 g/mol. The SMILES string of the molecule is CCCCCCC(CCCCCCCCC1CC1CCCCCCCC(=O)O)CCN(C)C. The molecule has 0 radical (unpaired) electrons. The number of carboxylic acid groups (broad SMARTS) is 1. The number of unbranched alkanes of at least 4 members (excludes halogenated alkanes) is 12. The van der Waals surface area contributed by atoms with Crippen molar-refractivity contribution in [2.45, 2.75) is 148 Å². The van der Waals surface area contributed by atoms with E-state index in [1.807, 2.05) is 0 Å². The Balaban J connectivity index is 1.90. The number of hydrogen-bond donors (Lipinski definition) is 1. The predicted octanol–water partition coefficient (Wildman–Crippen LogP) is 9.10. The molecule has 1 N–H and O–H groups in total. The number of carbonyl (C=O) groups is 1. The average Bonchev–Trinajstić information content (AvgIpc) is 3.53. The van der Waals surface area contributed by atoms with Gasteiger partial charge in [0.25, 0.3) is 0 Å². The van der Waals surface area contributed by atoms with E-state index >= 15 is 0 Å². The minimum absolute atomic E-state index is 0.348. The van der Waals surface area contributed by atoms with E-state index in [2.05, 4.69) is 25.9 Å². The zero-order chi connectivity index (χ0) is 24.2. The van der Waals surface area contributed by atoms with Crippen molar-refractivity contribution in [3.8, 4) is 0 Å². The molecule has 3 unspecified atom stereocenters. The summed E-state index contributed by atoms with van der Waals surface area (Å²) in [7, 11) is 4.43. The average molecular weight is 466 g/mol. The van der Waals surface area contributed by atoms with Gasteiger partial charge in [-0.15, -0.1) is 0 Å². The molecule has 0 aliphatic heterocycles. The summed E-state index contributed by atoms with van der Waals surface area (Å²) < 4.78 is 0. The van der Waals surface area contributed by atoms with Crippen LogP contribution in [0.3, 0.4) is 0 Å². The van der Waals surface area contributed by atoms with Crippen LogP contribution >= 0.6 is 0 Å². The molecule has 3 atom stereocenters. The van der Waals surface area contributed by atoms with Gasteiger partial charge in [-0.3, -0.25) is 4.79 Å². The predicted molar refractivity (Wildman–Crippen MR) is 144 cm³/mol. The second-order valence-electron chi connectivity index (χ2n) is 11.5. The lowest BCUT2D eigenvalue weighted by Gasteiger charge is -2.19. The summed E-state index contributed by atoms with van der Waals surface area (Å²) in [6.45, 7) is 3.57. The summed E-state index contributed by atoms with van der Waals surface area (Å²) >= 11 is 0. The maximum Gasteiger partial charge on any atom is 0.303 e. The molecule has 1 rings (SSSR count). The first-order valence-corrected chi connectivity index (χ1v) is 14.9. The van der Waals surface area contributed by atoms with Crippen LogP contribution in [0.2, 0.25) is 0 Å². The molecule has 0 amide bonds. The Kier molecular flexibility index (Phi) is 19.2. The Morgan fingerprint density at radius 3 is 1.73 bits per heavy atom. The van der Waals surface area contributed by atoms with Crippen LogP contribution in [0, 0.1) is 17.8 Å². The first kappa shape index (κ1) is 30.5. The van der Waals surface area contributed by atoms with Crippen LogP contribution in [0.5, 0.6) is 0 Å². The lowest BCUT2D eigenvalue weighted by atomic mass is 9.91. The van der Waals surface area contributed by atoms with Crippen LogP contribution in [-0.4, -0.2) is 36.6 Å². The highest BCUT2D eigenvalue weighted by atomic mass is 16.4. The maximum atomic E-state index is 10.5. The zero-order valence-corrected chi connectivity index (χ0v) is 22.8. The molecule has 0 aromatic carbocycles. The molecule has 33 heavy (non-hydrogen) atoms. The summed E-state index contributed by atoms with van der Waals surface area (Å²) in [5.41, 5.74) is 0. The number of hydrogen-bond acceptors (Lipinski definition) is 2. The Labute approximate surface area is 207 Å². The lowest BCUT2D eigenvalue weighted by Crippen LogP contribution is -2.17. The Bertz CT molecular complexity index is 451. The molecule has 0 bridgehead atoms. The number of carboxylic acids is 1. The van der Waals surface area contributed by atoms with Gasteiger partial charge in [0, 0.05) is 6.42 Å². The molecule has 1 aliphatic rings. The van der Waals surface area contributed by atoms with E-state index in [4.69, 9.17) is 5.11 Å². The fourth-order valence-corrected chi connectivity index (χ4v) is 5.51. The highest BCUT2D eigenvalue weighted by Crippen LogP contribution is 2.45. The molecule has 0 spiro atoms. The van der Waals surface area contributed by atoms with Crippen LogP contribution < -0.4 is 0 Å². The summed E-state index contributed by atoms with van der Waals surface area (Å²) in [5.74, 6) is 2.39. The molecule has 0 saturated heterocycles. The third kappa shape index (κ3) is 19.4. The number of nitrogens with zero attached hydrogens (tertiary/aromatic N) is 1. The van der Waals surface area contributed by atoms with Gasteiger partial charge in [0.05, 0.1) is 0 Å². The minimum Gasteiger partial charge on any atom is -0.481 e. The highest BCUT2D eigenvalue weighted by Gasteiger charge is 2.34. The van der Waals surface area contributed by atoms with Gasteiger partial charge in [-0.1, -0.05) is 122 Å². The number of rotatable bonds is 25. The van der Waals surface area contributed by atoms with Crippen LogP contribution in [0.15, 0.2) is 0 Å². The van der Waals surface area contributed by atoms with Crippen molar-refractivity contribution in [1.82, 2.24) is 4.90 Å². The van der Waals surface area contributed by atoms with E-state index in [9.17, 15) is 4.79 Å². The van der Waals surface area contributed by atoms with Gasteiger partial charge in [0.15, 0.2) is 0 Å². The Morgan fingerprint density at radius 1 is 0.727 bits per heavy atom. The van der Waals surface area contributed by atoms with Gasteiger partial charge in [-0.25, -0.2) is 0 Å². The van der Waals surface area contributed by atoms with E-state index in [0.29, 0.717) is 6.42 Å². The summed E-state index contributed by atoms with van der Waals surface area (Å²) in [4.78, 5) is 12.9. The van der Waals surface area contributed by atoms with Gasteiger partial charge in [0.1, 0.15) is 0 Å². The number of aliphatic carboxylic acids is 1. The quantitative estimate of drug-likeness (QED) is 0.137. The van der Waals surface area contributed by atoms with Gasteiger partial charge in [-0.05, 0) is 57.7 Å². The highest BCUT2D eigenvalue weighted by molar-refractivity contribution is 5.66. The molecular weight excluding hydrogens is 406 g/mol. The zero-order valence-electron chi connectivity index (χ0n) is 22.8. The van der Waals surface area contributed by atoms with Crippen molar-refractivity contribution in [3.63, 3.8) is 0 Å². The first-order valence-electron chi connectivity index (χ1n) is 14.9. The van der Waals surface area contributed by atoms with Crippen LogP contribution in [0.25, 0.3) is 0 Å². The summed E-state index contributed by atoms with van der Waals surface area (Å²) in [5, 5.41) is 8.66. The fraction of sp³-hybridized carbons (Fsp3) is 0.967. The van der Waals surface area contributed by atoms with Crippen LogP contribution in [0.4, 0.5) is 0 Å². The van der Waals surface area contributed by atoms with Gasteiger partial charge in [-0.2, -0.15) is 0 Å². The van der Waals surface area contributed by atoms with E-state index in [0.717, 1.165) is 30.6 Å². The molecule has 196 valence electrons. The summed E-state index contributed by atoms with van der Waals surface area (Å²) in [6.07, 6.45) is 29.3. The van der Waals surface area contributed by atoms with Crippen molar-refractivity contribution in [1.29, 1.82) is 0 Å². The molecule has 3 heteroatoms. The third-order valence-electron chi connectivity index (χ3n) is 7.92. The van der Waals surface area contributed by atoms with Crippen molar-refractivity contribution >= 4 is 5.97 Å². The van der Waals surface area contributed by atoms with E-state index in [1.165, 1.54) is 129 Å². The molecular formula is C30H59NO2. The molecule has 0 heterocycles. The van der Waals surface area contributed by atoms with Crippen molar-refractivity contribution < 1.29 is 9.90 Å². The largest absolute Gasteiger partial charge is 0.481 e. The van der Waals surface area contributed by atoms with E-state index < -0.39 is 5.97 Å². The normalized spacial score (nSPS) is 18.7. The second-order valence-corrected chi connectivity index (χ2v) is 11.5. The Hall–Kier alpha value is -0.570. The lowest BCUT2D eigenvalue weighted by molar-refractivity contribution is -0.137. The van der Waals surface area contributed by atoms with E-state index in [-0.39, 0.29) is 0 Å². The van der Waals surface area contributed by atoms with Crippen molar-refractivity contribution in [2.75, 3.05) is 20.6 Å². The minimum atomic E-state index is -0.645.